The van der Waals surface area contributed by atoms with Crippen LogP contribution >= 0.6 is 0 Å². The third kappa shape index (κ3) is 1.81. The van der Waals surface area contributed by atoms with Gasteiger partial charge in [0.1, 0.15) is 0 Å². The number of likely N-dealkylation sites (tertiary alicyclic amines) is 1. The second-order valence-corrected chi connectivity index (χ2v) is 7.42. The van der Waals surface area contributed by atoms with Crippen LogP contribution in [0.2, 0.25) is 0 Å². The van der Waals surface area contributed by atoms with Gasteiger partial charge in [0.05, 0.1) is 11.5 Å². The zero-order valence-corrected chi connectivity index (χ0v) is 9.67. The first-order valence-corrected chi connectivity index (χ1v) is 7.61. The van der Waals surface area contributed by atoms with Crippen LogP contribution in [0.25, 0.3) is 0 Å². The van der Waals surface area contributed by atoms with Gasteiger partial charge in [0, 0.05) is 19.1 Å². The highest BCUT2D eigenvalue weighted by molar-refractivity contribution is 7.91. The molecule has 0 aliphatic carbocycles. The summed E-state index contributed by atoms with van der Waals surface area (Å²) in [5, 5.41) is 3.41. The van der Waals surface area contributed by atoms with Gasteiger partial charge in [-0.05, 0) is 31.3 Å². The molecule has 15 heavy (non-hydrogen) atoms. The van der Waals surface area contributed by atoms with E-state index >= 15 is 0 Å². The third-order valence-corrected chi connectivity index (χ3v) is 5.89. The van der Waals surface area contributed by atoms with E-state index in [1.165, 1.54) is 0 Å². The van der Waals surface area contributed by atoms with Crippen molar-refractivity contribution in [3.63, 3.8) is 0 Å². The molecule has 0 saturated carbocycles. The summed E-state index contributed by atoms with van der Waals surface area (Å²) >= 11 is 0. The lowest BCUT2D eigenvalue weighted by Gasteiger charge is -2.23. The largest absolute Gasteiger partial charge is 0.316 e. The van der Waals surface area contributed by atoms with E-state index in [1.807, 2.05) is 0 Å². The molecule has 0 aromatic heterocycles. The van der Waals surface area contributed by atoms with E-state index in [4.69, 9.17) is 0 Å². The van der Waals surface area contributed by atoms with Gasteiger partial charge in [-0.2, -0.15) is 0 Å². The molecule has 0 aromatic rings. The van der Waals surface area contributed by atoms with E-state index in [-0.39, 0.29) is 0 Å². The first-order valence-electron chi connectivity index (χ1n) is 5.79. The fourth-order valence-electron chi connectivity index (χ4n) is 3.25. The predicted octanol–water partition coefficient (Wildman–Crippen LogP) is -0.675. The molecule has 3 aliphatic heterocycles. The molecular weight excluding hydrogens is 212 g/mol. The second-order valence-electron chi connectivity index (χ2n) is 5.19. The average molecular weight is 230 g/mol. The Hall–Kier alpha value is -0.130. The minimum atomic E-state index is -2.71. The van der Waals surface area contributed by atoms with Crippen LogP contribution in [0, 0.1) is 11.8 Å². The zero-order chi connectivity index (χ0) is 10.5. The lowest BCUT2D eigenvalue weighted by Crippen LogP contribution is -2.36. The van der Waals surface area contributed by atoms with Crippen molar-refractivity contribution in [1.82, 2.24) is 10.2 Å². The maximum atomic E-state index is 11.4. The number of nitrogens with zero attached hydrogens (tertiary/aromatic N) is 1. The van der Waals surface area contributed by atoms with Crippen molar-refractivity contribution in [2.45, 2.75) is 12.5 Å². The van der Waals surface area contributed by atoms with Crippen LogP contribution in [0.5, 0.6) is 0 Å². The highest BCUT2D eigenvalue weighted by Gasteiger charge is 2.41. The van der Waals surface area contributed by atoms with Gasteiger partial charge in [0.2, 0.25) is 0 Å². The standard InChI is InChI=1S/C10H18N2O2S/c13-15(14)2-1-10(7-15)12-5-8-3-11-4-9(8)6-12/h8-11H,1-7H2/t8-,9+,10?. The SMILES string of the molecule is O=S1(=O)CCC(N2C[C@H]3CNC[C@H]3C2)C1. The minimum Gasteiger partial charge on any atom is -0.316 e. The maximum absolute atomic E-state index is 11.4. The minimum absolute atomic E-state index is 0.320. The Labute approximate surface area is 90.9 Å². The molecule has 3 rings (SSSR count). The van der Waals surface area contributed by atoms with E-state index in [0.717, 1.165) is 44.4 Å². The molecule has 3 fully saturated rings. The molecule has 3 saturated heterocycles. The zero-order valence-electron chi connectivity index (χ0n) is 8.85. The number of sulfone groups is 1. The van der Waals surface area contributed by atoms with E-state index in [1.54, 1.807) is 0 Å². The Balaban J connectivity index is 1.66. The molecule has 0 bridgehead atoms. The normalized spacial score (nSPS) is 44.7. The molecule has 1 N–H and O–H groups in total. The van der Waals surface area contributed by atoms with Crippen LogP contribution in [0.3, 0.4) is 0 Å². The lowest BCUT2D eigenvalue weighted by molar-refractivity contribution is 0.245. The van der Waals surface area contributed by atoms with Crippen LogP contribution < -0.4 is 5.32 Å². The van der Waals surface area contributed by atoms with Crippen LogP contribution in [0.4, 0.5) is 0 Å². The molecule has 3 atom stereocenters. The van der Waals surface area contributed by atoms with Gasteiger partial charge in [-0.15, -0.1) is 0 Å². The summed E-state index contributed by atoms with van der Waals surface area (Å²) in [6.45, 7) is 4.47. The van der Waals surface area contributed by atoms with Gasteiger partial charge in [-0.1, -0.05) is 0 Å². The molecule has 86 valence electrons. The molecule has 0 amide bonds. The fourth-order valence-corrected chi connectivity index (χ4v) is 5.01. The Bertz CT molecular complexity index is 342. The van der Waals surface area contributed by atoms with Crippen molar-refractivity contribution in [3.8, 4) is 0 Å². The maximum Gasteiger partial charge on any atom is 0.151 e. The monoisotopic (exact) mass is 230 g/mol. The highest BCUT2D eigenvalue weighted by Crippen LogP contribution is 2.30. The van der Waals surface area contributed by atoms with Gasteiger partial charge in [0.15, 0.2) is 9.84 Å². The van der Waals surface area contributed by atoms with E-state index in [0.29, 0.717) is 17.5 Å². The number of hydrogen-bond acceptors (Lipinski definition) is 4. The van der Waals surface area contributed by atoms with Crippen molar-refractivity contribution in [3.05, 3.63) is 0 Å². The quantitative estimate of drug-likeness (QED) is 0.649. The molecule has 0 aromatic carbocycles. The molecule has 1 unspecified atom stereocenters. The topological polar surface area (TPSA) is 49.4 Å². The van der Waals surface area contributed by atoms with Gasteiger partial charge < -0.3 is 5.32 Å². The van der Waals surface area contributed by atoms with Crippen molar-refractivity contribution in [2.24, 2.45) is 11.8 Å². The number of nitrogens with one attached hydrogen (secondary N) is 1. The molecule has 5 heteroatoms. The van der Waals surface area contributed by atoms with E-state index < -0.39 is 9.84 Å². The fraction of sp³-hybridized carbons (Fsp3) is 1.00. The van der Waals surface area contributed by atoms with Crippen molar-refractivity contribution in [2.75, 3.05) is 37.7 Å². The number of fused-ring (bicyclic) bond motifs is 1. The lowest BCUT2D eigenvalue weighted by atomic mass is 10.0. The molecule has 3 aliphatic rings. The Morgan fingerprint density at radius 1 is 1.13 bits per heavy atom. The number of hydrogen-bond donors (Lipinski definition) is 1. The van der Waals surface area contributed by atoms with Crippen LogP contribution in [-0.4, -0.2) is 57.0 Å². The van der Waals surface area contributed by atoms with Crippen LogP contribution in [0.15, 0.2) is 0 Å². The van der Waals surface area contributed by atoms with Crippen molar-refractivity contribution in [1.29, 1.82) is 0 Å². The Morgan fingerprint density at radius 2 is 1.80 bits per heavy atom. The molecule has 0 spiro atoms. The summed E-state index contributed by atoms with van der Waals surface area (Å²) in [5.74, 6) is 2.35. The molecule has 4 nitrogen and oxygen atoms in total. The average Bonchev–Trinajstić information content (AvgIpc) is 2.75. The third-order valence-electron chi connectivity index (χ3n) is 4.14. The summed E-state index contributed by atoms with van der Waals surface area (Å²) in [6, 6.07) is 0.320. The summed E-state index contributed by atoms with van der Waals surface area (Å²) in [5.41, 5.74) is 0. The van der Waals surface area contributed by atoms with Gasteiger partial charge >= 0.3 is 0 Å². The first-order chi connectivity index (χ1) is 7.14. The second kappa shape index (κ2) is 3.43. The Kier molecular flexibility index (Phi) is 2.30. The van der Waals surface area contributed by atoms with E-state index in [2.05, 4.69) is 10.2 Å². The predicted molar refractivity (Wildman–Crippen MR) is 58.5 cm³/mol. The summed E-state index contributed by atoms with van der Waals surface area (Å²) in [6.07, 6.45) is 0.856. The molecule has 3 heterocycles. The van der Waals surface area contributed by atoms with Crippen molar-refractivity contribution < 1.29 is 8.42 Å². The van der Waals surface area contributed by atoms with Crippen LogP contribution in [-0.2, 0) is 9.84 Å². The highest BCUT2D eigenvalue weighted by atomic mass is 32.2. The van der Waals surface area contributed by atoms with Gasteiger partial charge in [-0.25, -0.2) is 8.42 Å². The van der Waals surface area contributed by atoms with Crippen molar-refractivity contribution >= 4 is 9.84 Å². The summed E-state index contributed by atoms with van der Waals surface area (Å²) < 4.78 is 22.8. The van der Waals surface area contributed by atoms with E-state index in [9.17, 15) is 8.42 Å². The number of rotatable bonds is 1. The van der Waals surface area contributed by atoms with Gasteiger partial charge in [0.25, 0.3) is 0 Å². The molecule has 0 radical (unpaired) electrons. The summed E-state index contributed by atoms with van der Waals surface area (Å²) in [4.78, 5) is 2.42. The Morgan fingerprint density at radius 3 is 2.33 bits per heavy atom. The first kappa shape index (κ1) is 10.1. The van der Waals surface area contributed by atoms with Gasteiger partial charge in [-0.3, -0.25) is 4.90 Å². The smallest absolute Gasteiger partial charge is 0.151 e. The van der Waals surface area contributed by atoms with Crippen LogP contribution in [0.1, 0.15) is 6.42 Å². The summed E-state index contributed by atoms with van der Waals surface area (Å²) in [7, 11) is -2.71. The molecular formula is C10H18N2O2S.